The van der Waals surface area contributed by atoms with Gasteiger partial charge in [-0.2, -0.15) is 0 Å². The van der Waals surface area contributed by atoms with Crippen molar-refractivity contribution in [1.29, 1.82) is 0 Å². The fourth-order valence-electron chi connectivity index (χ4n) is 3.61. The van der Waals surface area contributed by atoms with Crippen LogP contribution in [0.15, 0.2) is 11.9 Å². The van der Waals surface area contributed by atoms with Gasteiger partial charge >= 0.3 is 0 Å². The highest BCUT2D eigenvalue weighted by molar-refractivity contribution is 7.20. The van der Waals surface area contributed by atoms with Crippen molar-refractivity contribution in [1.82, 2.24) is 0 Å². The van der Waals surface area contributed by atoms with Crippen LogP contribution >= 0.6 is 9.24 Å². The molecule has 0 fully saturated rings. The van der Waals surface area contributed by atoms with Gasteiger partial charge in [-0.3, -0.25) is 0 Å². The van der Waals surface area contributed by atoms with Crippen molar-refractivity contribution in [2.45, 2.75) is 142 Å². The Morgan fingerprint density at radius 1 is 0.440 bits per heavy atom. The average Bonchev–Trinajstić information content (AvgIpc) is 2.63. The van der Waals surface area contributed by atoms with Gasteiger partial charge in [0.05, 0.1) is 0 Å². The first-order chi connectivity index (χ1) is 12.4. The van der Waals surface area contributed by atoms with Gasteiger partial charge in [-0.05, 0) is 12.8 Å². The van der Waals surface area contributed by atoms with Crippen molar-refractivity contribution < 1.29 is 0 Å². The minimum atomic E-state index is 1.27. The molecule has 0 saturated carbocycles. The van der Waals surface area contributed by atoms with Crippen molar-refractivity contribution >= 4 is 9.24 Å². The molecule has 25 heavy (non-hydrogen) atoms. The molecule has 0 N–H and O–H groups in total. The Morgan fingerprint density at radius 3 is 1.00 bits per heavy atom. The first-order valence-electron chi connectivity index (χ1n) is 11.8. The van der Waals surface area contributed by atoms with Crippen LogP contribution in [0.25, 0.3) is 0 Å². The summed E-state index contributed by atoms with van der Waals surface area (Å²) in [4.78, 5) is 0. The maximum Gasteiger partial charge on any atom is -0.0347 e. The van der Waals surface area contributed by atoms with Crippen LogP contribution in [-0.4, -0.2) is 0 Å². The highest BCUT2D eigenvalue weighted by Gasteiger charge is 1.95. The third kappa shape index (κ3) is 24.2. The second-order valence-corrected chi connectivity index (χ2v) is 8.32. The first-order valence-corrected chi connectivity index (χ1v) is 12.4. The van der Waals surface area contributed by atoms with Crippen molar-refractivity contribution in [2.24, 2.45) is 0 Å². The zero-order chi connectivity index (χ0) is 18.3. The number of hydrogen-bond acceptors (Lipinski definition) is 0. The van der Waals surface area contributed by atoms with Gasteiger partial charge in [0.25, 0.3) is 0 Å². The molecule has 0 radical (unpaired) electrons. The third-order valence-corrected chi connectivity index (χ3v) is 5.63. The lowest BCUT2D eigenvalue weighted by Gasteiger charge is -2.04. The molecule has 0 amide bonds. The van der Waals surface area contributed by atoms with Crippen LogP contribution in [0.1, 0.15) is 142 Å². The monoisotopic (exact) mass is 368 g/mol. The molecule has 0 saturated heterocycles. The summed E-state index contributed by atoms with van der Waals surface area (Å²) in [5, 5.41) is 0. The number of hydrogen-bond donors (Lipinski definition) is 0. The molecule has 1 heteroatoms. The van der Waals surface area contributed by atoms with E-state index in [2.05, 4.69) is 28.1 Å². The minimum absolute atomic E-state index is 1.27. The number of rotatable bonds is 21. The van der Waals surface area contributed by atoms with E-state index in [0.717, 1.165) is 0 Å². The van der Waals surface area contributed by atoms with E-state index in [9.17, 15) is 0 Å². The summed E-state index contributed by atoms with van der Waals surface area (Å²) in [6.07, 6.45) is 32.8. The van der Waals surface area contributed by atoms with Gasteiger partial charge in [0.15, 0.2) is 0 Å². The average molecular weight is 369 g/mol. The maximum absolute atomic E-state index is 2.66. The predicted octanol–water partition coefficient (Wildman–Crippen LogP) is 9.59. The second kappa shape index (κ2) is 24.2. The van der Waals surface area contributed by atoms with Crippen molar-refractivity contribution in [3.8, 4) is 0 Å². The lowest BCUT2D eigenvalue weighted by molar-refractivity contribution is 0.522. The van der Waals surface area contributed by atoms with E-state index in [-0.39, 0.29) is 0 Å². The highest BCUT2D eigenvalue weighted by atomic mass is 31.0. The molecule has 0 aromatic carbocycles. The first kappa shape index (κ1) is 25.2. The standard InChI is InChI=1S/C24H49P/c1-2-3-4-5-6-7-8-9-10-11-12-13-14-15-16-17-18-19-20-21-22-23-24-25/h23-24H,2-22,25H2,1H3/b24-23+. The van der Waals surface area contributed by atoms with Crippen molar-refractivity contribution in [3.05, 3.63) is 11.9 Å². The fraction of sp³-hybridized carbons (Fsp3) is 0.917. The largest absolute Gasteiger partial charge is 0.114 e. The molecule has 0 aliphatic rings. The maximum atomic E-state index is 2.66. The van der Waals surface area contributed by atoms with Gasteiger partial charge in [0, 0.05) is 0 Å². The van der Waals surface area contributed by atoms with E-state index < -0.39 is 0 Å². The van der Waals surface area contributed by atoms with E-state index in [4.69, 9.17) is 0 Å². The van der Waals surface area contributed by atoms with Gasteiger partial charge in [-0.1, -0.05) is 141 Å². The van der Waals surface area contributed by atoms with Crippen LogP contribution < -0.4 is 0 Å². The van der Waals surface area contributed by atoms with Crippen molar-refractivity contribution in [3.63, 3.8) is 0 Å². The van der Waals surface area contributed by atoms with Crippen LogP contribution in [-0.2, 0) is 0 Å². The van der Waals surface area contributed by atoms with Crippen LogP contribution in [0.2, 0.25) is 0 Å². The lowest BCUT2D eigenvalue weighted by Crippen LogP contribution is -1.84. The number of allylic oxidation sites excluding steroid dienone is 1. The predicted molar refractivity (Wildman–Crippen MR) is 121 cm³/mol. The molecule has 1 atom stereocenters. The molecular weight excluding hydrogens is 319 g/mol. The summed E-state index contributed by atoms with van der Waals surface area (Å²) in [6.45, 7) is 2.30. The molecule has 0 aromatic heterocycles. The Hall–Kier alpha value is 0.170. The lowest BCUT2D eigenvalue weighted by atomic mass is 10.0. The van der Waals surface area contributed by atoms with Crippen molar-refractivity contribution in [2.75, 3.05) is 0 Å². The Bertz CT molecular complexity index is 246. The quantitative estimate of drug-likeness (QED) is 0.140. The normalized spacial score (nSPS) is 11.6. The van der Waals surface area contributed by atoms with Gasteiger partial charge in [-0.25, -0.2) is 0 Å². The smallest absolute Gasteiger partial charge is 0.0347 e. The topological polar surface area (TPSA) is 0 Å². The SMILES string of the molecule is CCCCCCCCCCCCCCCCCCCCCC/C=C/P. The van der Waals surface area contributed by atoms with E-state index in [0.29, 0.717) is 0 Å². The van der Waals surface area contributed by atoms with E-state index in [1.807, 2.05) is 0 Å². The molecular formula is C24H49P. The Labute approximate surface area is 163 Å². The summed E-state index contributed by atoms with van der Waals surface area (Å²) < 4.78 is 0. The van der Waals surface area contributed by atoms with E-state index >= 15 is 0 Å². The molecule has 0 nitrogen and oxygen atoms in total. The molecule has 0 spiro atoms. The Balaban J connectivity index is 2.96. The third-order valence-electron chi connectivity index (χ3n) is 5.36. The number of unbranched alkanes of at least 4 members (excludes halogenated alkanes) is 20. The molecule has 0 aromatic rings. The molecule has 1 unspecified atom stereocenters. The molecule has 0 rings (SSSR count). The highest BCUT2D eigenvalue weighted by Crippen LogP contribution is 2.15. The molecule has 0 aliphatic carbocycles. The zero-order valence-corrected chi connectivity index (χ0v) is 18.7. The summed E-state index contributed by atoms with van der Waals surface area (Å²) in [5.74, 6) is 2.09. The molecule has 0 heterocycles. The fourth-order valence-corrected chi connectivity index (χ4v) is 3.81. The van der Waals surface area contributed by atoms with E-state index in [1.54, 1.807) is 0 Å². The minimum Gasteiger partial charge on any atom is -0.114 e. The summed E-state index contributed by atoms with van der Waals surface area (Å²) in [5.41, 5.74) is 0. The zero-order valence-electron chi connectivity index (χ0n) is 17.6. The second-order valence-electron chi connectivity index (χ2n) is 7.93. The molecule has 150 valence electrons. The van der Waals surface area contributed by atoms with Crippen LogP contribution in [0.4, 0.5) is 0 Å². The Kier molecular flexibility index (Phi) is 24.3. The van der Waals surface area contributed by atoms with Crippen LogP contribution in [0.3, 0.4) is 0 Å². The summed E-state index contributed by atoms with van der Waals surface area (Å²) >= 11 is 0. The van der Waals surface area contributed by atoms with Gasteiger partial charge in [-0.15, -0.1) is 9.24 Å². The molecule has 0 bridgehead atoms. The van der Waals surface area contributed by atoms with Crippen LogP contribution in [0, 0.1) is 0 Å². The van der Waals surface area contributed by atoms with Gasteiger partial charge in [0.1, 0.15) is 0 Å². The van der Waals surface area contributed by atoms with Crippen LogP contribution in [0.5, 0.6) is 0 Å². The summed E-state index contributed by atoms with van der Waals surface area (Å²) in [7, 11) is 2.66. The summed E-state index contributed by atoms with van der Waals surface area (Å²) in [6, 6.07) is 0. The van der Waals surface area contributed by atoms with Gasteiger partial charge in [0.2, 0.25) is 0 Å². The molecule has 0 aliphatic heterocycles. The Morgan fingerprint density at radius 2 is 0.720 bits per heavy atom. The van der Waals surface area contributed by atoms with E-state index in [1.165, 1.54) is 135 Å². The van der Waals surface area contributed by atoms with Gasteiger partial charge < -0.3 is 0 Å².